The van der Waals surface area contributed by atoms with Gasteiger partial charge in [-0.3, -0.25) is 24.1 Å². The molecule has 0 bridgehead atoms. The molecule has 0 N–H and O–H groups in total. The van der Waals surface area contributed by atoms with Crippen molar-refractivity contribution in [3.63, 3.8) is 0 Å². The Morgan fingerprint density at radius 1 is 0.971 bits per heavy atom. The molecule has 3 aliphatic heterocycles. The van der Waals surface area contributed by atoms with Gasteiger partial charge < -0.3 is 9.64 Å². The summed E-state index contributed by atoms with van der Waals surface area (Å²) in [5.74, 6) is 0.0925. The maximum absolute atomic E-state index is 13.3. The van der Waals surface area contributed by atoms with Crippen molar-refractivity contribution in [1.29, 1.82) is 0 Å². The second kappa shape index (κ2) is 8.33. The molecule has 5 rings (SSSR count). The van der Waals surface area contributed by atoms with Crippen LogP contribution in [0.3, 0.4) is 0 Å². The third kappa shape index (κ3) is 3.83. The van der Waals surface area contributed by atoms with Crippen molar-refractivity contribution in [1.82, 2.24) is 9.80 Å². The van der Waals surface area contributed by atoms with Crippen LogP contribution in [0.5, 0.6) is 5.75 Å². The number of hydrogen-bond donors (Lipinski definition) is 0. The van der Waals surface area contributed by atoms with E-state index >= 15 is 0 Å². The molecular formula is C28H30N2O5. The second-order valence-corrected chi connectivity index (χ2v) is 10.4. The number of fused-ring (bicyclic) bond motifs is 2. The Labute approximate surface area is 205 Å². The van der Waals surface area contributed by atoms with Crippen molar-refractivity contribution in [2.45, 2.75) is 52.6 Å². The summed E-state index contributed by atoms with van der Waals surface area (Å²) >= 11 is 0. The highest BCUT2D eigenvalue weighted by atomic mass is 16.5. The molecule has 182 valence electrons. The lowest BCUT2D eigenvalue weighted by Crippen LogP contribution is -2.52. The van der Waals surface area contributed by atoms with Crippen LogP contribution in [-0.2, 0) is 0 Å². The maximum Gasteiger partial charge on any atom is 0.261 e. The summed E-state index contributed by atoms with van der Waals surface area (Å²) in [6.45, 7) is 9.14. The number of imide groups is 1. The minimum atomic E-state index is -0.600. The fourth-order valence-corrected chi connectivity index (χ4v) is 5.32. The zero-order valence-electron chi connectivity index (χ0n) is 20.6. The molecule has 1 spiro atoms. The number of likely N-dealkylation sites (tertiary alicyclic amines) is 1. The zero-order chi connectivity index (χ0) is 25.1. The molecule has 3 aliphatic rings. The lowest BCUT2D eigenvalue weighted by Gasteiger charge is -2.44. The van der Waals surface area contributed by atoms with Crippen LogP contribution in [-0.4, -0.2) is 58.5 Å². The Morgan fingerprint density at radius 2 is 1.63 bits per heavy atom. The van der Waals surface area contributed by atoms with Crippen molar-refractivity contribution in [3.8, 4) is 5.75 Å². The van der Waals surface area contributed by atoms with Gasteiger partial charge in [-0.2, -0.15) is 0 Å². The molecule has 2 aromatic rings. The van der Waals surface area contributed by atoms with Crippen LogP contribution in [0, 0.1) is 19.8 Å². The van der Waals surface area contributed by atoms with E-state index in [1.54, 1.807) is 23.1 Å². The van der Waals surface area contributed by atoms with Gasteiger partial charge in [0, 0.05) is 38.0 Å². The molecule has 7 nitrogen and oxygen atoms in total. The average molecular weight is 475 g/mol. The highest BCUT2D eigenvalue weighted by Gasteiger charge is 2.44. The van der Waals surface area contributed by atoms with E-state index in [0.717, 1.165) is 11.1 Å². The molecule has 0 unspecified atom stereocenters. The minimum absolute atomic E-state index is 0.0851. The van der Waals surface area contributed by atoms with E-state index in [9.17, 15) is 19.2 Å². The molecule has 35 heavy (non-hydrogen) atoms. The first-order valence-corrected chi connectivity index (χ1v) is 12.2. The van der Waals surface area contributed by atoms with Crippen LogP contribution < -0.4 is 4.74 Å². The van der Waals surface area contributed by atoms with Crippen molar-refractivity contribution < 1.29 is 23.9 Å². The van der Waals surface area contributed by atoms with Gasteiger partial charge >= 0.3 is 0 Å². The van der Waals surface area contributed by atoms with Crippen molar-refractivity contribution in [2.24, 2.45) is 5.92 Å². The largest absolute Gasteiger partial charge is 0.486 e. The molecule has 3 heterocycles. The number of aryl methyl sites for hydroxylation is 1. The monoisotopic (exact) mass is 474 g/mol. The van der Waals surface area contributed by atoms with Gasteiger partial charge in [-0.15, -0.1) is 0 Å². The number of benzene rings is 2. The van der Waals surface area contributed by atoms with Gasteiger partial charge in [-0.1, -0.05) is 19.9 Å². The Bertz CT molecular complexity index is 1270. The Kier molecular flexibility index (Phi) is 5.54. The van der Waals surface area contributed by atoms with Gasteiger partial charge in [0.2, 0.25) is 0 Å². The van der Waals surface area contributed by atoms with Gasteiger partial charge in [-0.05, 0) is 55.2 Å². The molecule has 0 saturated carbocycles. The van der Waals surface area contributed by atoms with E-state index < -0.39 is 5.60 Å². The number of rotatable bonds is 3. The van der Waals surface area contributed by atoms with Crippen LogP contribution in [0.4, 0.5) is 0 Å². The third-order valence-electron chi connectivity index (χ3n) is 7.51. The van der Waals surface area contributed by atoms with E-state index in [-0.39, 0.29) is 29.4 Å². The van der Waals surface area contributed by atoms with Crippen LogP contribution >= 0.6 is 0 Å². The number of carbonyl (C=O) groups is 4. The lowest BCUT2D eigenvalue weighted by atomic mass is 9.81. The molecule has 0 aromatic heterocycles. The average Bonchev–Trinajstić information content (AvgIpc) is 3.06. The van der Waals surface area contributed by atoms with Crippen molar-refractivity contribution in [3.05, 3.63) is 63.7 Å². The van der Waals surface area contributed by atoms with E-state index in [0.29, 0.717) is 66.9 Å². The quantitative estimate of drug-likeness (QED) is 0.623. The number of ether oxygens (including phenoxy) is 1. The van der Waals surface area contributed by atoms with Gasteiger partial charge in [0.05, 0.1) is 23.1 Å². The predicted molar refractivity (Wildman–Crippen MR) is 130 cm³/mol. The highest BCUT2D eigenvalue weighted by Crippen LogP contribution is 2.42. The Hall–Kier alpha value is -3.48. The summed E-state index contributed by atoms with van der Waals surface area (Å²) in [5.41, 5.74) is 3.14. The third-order valence-corrected chi connectivity index (χ3v) is 7.51. The molecule has 1 fully saturated rings. The van der Waals surface area contributed by atoms with Crippen molar-refractivity contribution in [2.75, 3.05) is 19.6 Å². The summed E-state index contributed by atoms with van der Waals surface area (Å²) in [6, 6.07) is 8.54. The number of amides is 3. The standard InChI is InChI=1S/C28H30N2O5/c1-16(2)15-30-26(33)20-8-6-19(13-22(20)27(30)34)25(32)29-11-9-28(10-12-29)14-23(31)21-7-5-17(3)18(4)24(21)35-28/h5-8,13,16H,9-12,14-15H2,1-4H3. The molecule has 0 atom stereocenters. The molecule has 2 aromatic carbocycles. The number of ketones is 1. The minimum Gasteiger partial charge on any atom is -0.486 e. The van der Waals surface area contributed by atoms with Gasteiger partial charge in [-0.25, -0.2) is 0 Å². The smallest absolute Gasteiger partial charge is 0.261 e. The summed E-state index contributed by atoms with van der Waals surface area (Å²) in [7, 11) is 0. The normalized spacial score (nSPS) is 18.7. The van der Waals surface area contributed by atoms with Crippen molar-refractivity contribution >= 4 is 23.5 Å². The molecule has 1 saturated heterocycles. The van der Waals surface area contributed by atoms with E-state index in [1.165, 1.54) is 4.90 Å². The Morgan fingerprint density at radius 3 is 2.31 bits per heavy atom. The predicted octanol–water partition coefficient (Wildman–Crippen LogP) is 4.20. The topological polar surface area (TPSA) is 84.0 Å². The van der Waals surface area contributed by atoms with E-state index in [2.05, 4.69) is 0 Å². The Balaban J connectivity index is 1.32. The maximum atomic E-state index is 13.3. The second-order valence-electron chi connectivity index (χ2n) is 10.4. The lowest BCUT2D eigenvalue weighted by molar-refractivity contribution is -0.00622. The number of piperidine rings is 1. The van der Waals surface area contributed by atoms with Crippen LogP contribution in [0.25, 0.3) is 0 Å². The fraction of sp³-hybridized carbons (Fsp3) is 0.429. The zero-order valence-corrected chi connectivity index (χ0v) is 20.6. The summed E-state index contributed by atoms with van der Waals surface area (Å²) in [4.78, 5) is 54.6. The number of nitrogens with zero attached hydrogens (tertiary/aromatic N) is 2. The van der Waals surface area contributed by atoms with Crippen LogP contribution in [0.1, 0.15) is 85.7 Å². The number of hydrogen-bond acceptors (Lipinski definition) is 5. The van der Waals surface area contributed by atoms with Gasteiger partial charge in [0.1, 0.15) is 11.4 Å². The van der Waals surface area contributed by atoms with Gasteiger partial charge in [0.15, 0.2) is 5.78 Å². The van der Waals surface area contributed by atoms with Crippen LogP contribution in [0.15, 0.2) is 30.3 Å². The number of carbonyl (C=O) groups excluding carboxylic acids is 4. The number of Topliss-reactive ketones (excluding diaryl/α,β-unsaturated/α-hetero) is 1. The van der Waals surface area contributed by atoms with E-state index in [4.69, 9.17) is 4.74 Å². The summed E-state index contributed by atoms with van der Waals surface area (Å²) in [5, 5.41) is 0. The summed E-state index contributed by atoms with van der Waals surface area (Å²) in [6.07, 6.45) is 1.43. The molecule has 3 amide bonds. The molecule has 0 radical (unpaired) electrons. The fourth-order valence-electron chi connectivity index (χ4n) is 5.32. The molecule has 0 aliphatic carbocycles. The first kappa shape index (κ1) is 23.3. The summed E-state index contributed by atoms with van der Waals surface area (Å²) < 4.78 is 6.46. The van der Waals surface area contributed by atoms with E-state index in [1.807, 2.05) is 39.8 Å². The van der Waals surface area contributed by atoms with Crippen LogP contribution in [0.2, 0.25) is 0 Å². The SMILES string of the molecule is Cc1ccc2c(c1C)OC1(CCN(C(=O)c3ccc4c(c3)C(=O)N(CC(C)C)C4=O)CC1)CC2=O. The first-order valence-electron chi connectivity index (χ1n) is 12.2. The highest BCUT2D eigenvalue weighted by molar-refractivity contribution is 6.22. The van der Waals surface area contributed by atoms with Gasteiger partial charge in [0.25, 0.3) is 17.7 Å². The molecule has 7 heteroatoms. The first-order chi connectivity index (χ1) is 16.6. The molecular weight excluding hydrogens is 444 g/mol.